The highest BCUT2D eigenvalue weighted by Crippen LogP contribution is 2.19. The number of β-amino-alcohol motifs (C(OH)–C–C–N with tert-alkyl or cyclic N) is 1. The van der Waals surface area contributed by atoms with Crippen molar-refractivity contribution in [1.82, 2.24) is 4.90 Å². The zero-order valence-electron chi connectivity index (χ0n) is 9.00. The van der Waals surface area contributed by atoms with Gasteiger partial charge in [-0.3, -0.25) is 4.90 Å². The van der Waals surface area contributed by atoms with Gasteiger partial charge in [0.1, 0.15) is 0 Å². The molecule has 1 aliphatic rings. The van der Waals surface area contributed by atoms with Crippen LogP contribution in [-0.2, 0) is 0 Å². The number of hydrogen-bond donors (Lipinski definition) is 1. The van der Waals surface area contributed by atoms with E-state index in [2.05, 4.69) is 18.7 Å². The molecule has 0 saturated carbocycles. The van der Waals surface area contributed by atoms with Gasteiger partial charge in [0.25, 0.3) is 0 Å². The highest BCUT2D eigenvalue weighted by atomic mass is 16.3. The second-order valence-corrected chi connectivity index (χ2v) is 4.17. The van der Waals surface area contributed by atoms with E-state index in [0.29, 0.717) is 0 Å². The van der Waals surface area contributed by atoms with Crippen molar-refractivity contribution in [3.63, 3.8) is 0 Å². The van der Waals surface area contributed by atoms with Gasteiger partial charge in [0, 0.05) is 19.1 Å². The molecule has 1 heterocycles. The molecule has 0 aromatic rings. The molecule has 0 bridgehead atoms. The number of aliphatic hydroxyl groups is 1. The van der Waals surface area contributed by atoms with E-state index in [0.717, 1.165) is 25.6 Å². The van der Waals surface area contributed by atoms with Crippen molar-refractivity contribution >= 4 is 0 Å². The second-order valence-electron chi connectivity index (χ2n) is 4.17. The molecular formula is C11H23NO. The maximum Gasteiger partial charge on any atom is 0.0679 e. The van der Waals surface area contributed by atoms with Gasteiger partial charge in [0.05, 0.1) is 6.10 Å². The maximum atomic E-state index is 9.44. The zero-order valence-corrected chi connectivity index (χ0v) is 9.00. The van der Waals surface area contributed by atoms with Crippen molar-refractivity contribution in [2.75, 3.05) is 13.1 Å². The third-order valence-corrected chi connectivity index (χ3v) is 2.95. The Kier molecular flexibility index (Phi) is 4.74. The molecule has 0 radical (unpaired) electrons. The summed E-state index contributed by atoms with van der Waals surface area (Å²) in [7, 11) is 0. The lowest BCUT2D eigenvalue weighted by Crippen LogP contribution is -2.33. The molecule has 78 valence electrons. The molecular weight excluding hydrogens is 162 g/mol. The van der Waals surface area contributed by atoms with Gasteiger partial charge in [-0.05, 0) is 19.3 Å². The van der Waals surface area contributed by atoms with E-state index in [1.807, 2.05) is 0 Å². The molecule has 2 nitrogen and oxygen atoms in total. The molecule has 1 saturated heterocycles. The molecule has 13 heavy (non-hydrogen) atoms. The van der Waals surface area contributed by atoms with Crippen molar-refractivity contribution in [2.24, 2.45) is 0 Å². The predicted octanol–water partition coefficient (Wildman–Crippen LogP) is 2.02. The van der Waals surface area contributed by atoms with E-state index < -0.39 is 0 Å². The van der Waals surface area contributed by atoms with Crippen LogP contribution in [0.5, 0.6) is 0 Å². The van der Waals surface area contributed by atoms with E-state index in [1.165, 1.54) is 25.7 Å². The maximum absolute atomic E-state index is 9.44. The highest BCUT2D eigenvalue weighted by molar-refractivity contribution is 4.80. The normalized spacial score (nSPS) is 24.5. The van der Waals surface area contributed by atoms with Crippen LogP contribution in [0.1, 0.15) is 46.0 Å². The zero-order chi connectivity index (χ0) is 9.68. The average molecular weight is 185 g/mol. The first-order chi connectivity index (χ1) is 6.27. The Balaban J connectivity index is 2.35. The van der Waals surface area contributed by atoms with E-state index in [-0.39, 0.29) is 6.10 Å². The molecule has 2 heteroatoms. The van der Waals surface area contributed by atoms with Gasteiger partial charge in [-0.25, -0.2) is 0 Å². The summed E-state index contributed by atoms with van der Waals surface area (Å²) < 4.78 is 0. The first-order valence-electron chi connectivity index (χ1n) is 5.70. The van der Waals surface area contributed by atoms with Crippen LogP contribution in [0.25, 0.3) is 0 Å². The lowest BCUT2D eigenvalue weighted by molar-refractivity contribution is 0.151. The molecule has 0 spiro atoms. The summed E-state index contributed by atoms with van der Waals surface area (Å²) >= 11 is 0. The Morgan fingerprint density at radius 2 is 1.92 bits per heavy atom. The SMILES string of the molecule is CCCC(CCC)N1CC[C@@H](O)C1. The summed E-state index contributed by atoms with van der Waals surface area (Å²) in [6.45, 7) is 6.50. The first-order valence-corrected chi connectivity index (χ1v) is 5.70. The third kappa shape index (κ3) is 3.28. The van der Waals surface area contributed by atoms with Crippen LogP contribution < -0.4 is 0 Å². The molecule has 0 aromatic heterocycles. The number of likely N-dealkylation sites (tertiary alicyclic amines) is 1. The van der Waals surface area contributed by atoms with Gasteiger partial charge >= 0.3 is 0 Å². The summed E-state index contributed by atoms with van der Waals surface area (Å²) in [6.07, 6.45) is 6.02. The Morgan fingerprint density at radius 3 is 2.31 bits per heavy atom. The van der Waals surface area contributed by atoms with Gasteiger partial charge in [0.2, 0.25) is 0 Å². The monoisotopic (exact) mass is 185 g/mol. The molecule has 0 aliphatic carbocycles. The standard InChI is InChI=1S/C11H23NO/c1-3-5-10(6-4-2)12-8-7-11(13)9-12/h10-11,13H,3-9H2,1-2H3/t11-/m1/s1. The van der Waals surface area contributed by atoms with Crippen molar-refractivity contribution in [1.29, 1.82) is 0 Å². The molecule has 1 atom stereocenters. The molecule has 1 aliphatic heterocycles. The van der Waals surface area contributed by atoms with Crippen LogP contribution in [-0.4, -0.2) is 35.2 Å². The minimum absolute atomic E-state index is 0.0591. The fourth-order valence-corrected chi connectivity index (χ4v) is 2.28. The summed E-state index contributed by atoms with van der Waals surface area (Å²) in [5, 5.41) is 9.44. The van der Waals surface area contributed by atoms with Gasteiger partial charge < -0.3 is 5.11 Å². The lowest BCUT2D eigenvalue weighted by Gasteiger charge is -2.26. The Hall–Kier alpha value is -0.0800. The van der Waals surface area contributed by atoms with Crippen LogP contribution in [0.2, 0.25) is 0 Å². The van der Waals surface area contributed by atoms with E-state index in [4.69, 9.17) is 0 Å². The van der Waals surface area contributed by atoms with Crippen molar-refractivity contribution in [2.45, 2.75) is 58.1 Å². The lowest BCUT2D eigenvalue weighted by atomic mass is 10.1. The number of rotatable bonds is 5. The molecule has 0 amide bonds. The summed E-state index contributed by atoms with van der Waals surface area (Å²) in [4.78, 5) is 2.47. The van der Waals surface area contributed by atoms with Crippen LogP contribution in [0.4, 0.5) is 0 Å². The molecule has 0 aromatic carbocycles. The molecule has 1 rings (SSSR count). The van der Waals surface area contributed by atoms with E-state index in [9.17, 15) is 5.11 Å². The summed E-state index contributed by atoms with van der Waals surface area (Å²) in [6, 6.07) is 0.729. The smallest absolute Gasteiger partial charge is 0.0679 e. The minimum atomic E-state index is -0.0591. The fraction of sp³-hybridized carbons (Fsp3) is 1.00. The summed E-state index contributed by atoms with van der Waals surface area (Å²) in [5.41, 5.74) is 0. The first kappa shape index (κ1) is 11.0. The average Bonchev–Trinajstić information content (AvgIpc) is 2.51. The highest BCUT2D eigenvalue weighted by Gasteiger charge is 2.25. The van der Waals surface area contributed by atoms with Gasteiger partial charge in [-0.2, -0.15) is 0 Å². The quantitative estimate of drug-likeness (QED) is 0.708. The Bertz CT molecular complexity index is 132. The van der Waals surface area contributed by atoms with Gasteiger partial charge in [-0.1, -0.05) is 26.7 Å². The number of aliphatic hydroxyl groups excluding tert-OH is 1. The van der Waals surface area contributed by atoms with Crippen LogP contribution in [0.15, 0.2) is 0 Å². The fourth-order valence-electron chi connectivity index (χ4n) is 2.28. The number of nitrogens with zero attached hydrogens (tertiary/aromatic N) is 1. The second kappa shape index (κ2) is 5.61. The summed E-state index contributed by atoms with van der Waals surface area (Å²) in [5.74, 6) is 0. The van der Waals surface area contributed by atoms with Crippen LogP contribution in [0.3, 0.4) is 0 Å². The van der Waals surface area contributed by atoms with Crippen molar-refractivity contribution < 1.29 is 5.11 Å². The molecule has 0 unspecified atom stereocenters. The van der Waals surface area contributed by atoms with E-state index >= 15 is 0 Å². The minimum Gasteiger partial charge on any atom is -0.392 e. The van der Waals surface area contributed by atoms with Gasteiger partial charge in [-0.15, -0.1) is 0 Å². The largest absolute Gasteiger partial charge is 0.392 e. The van der Waals surface area contributed by atoms with Crippen molar-refractivity contribution in [3.8, 4) is 0 Å². The van der Waals surface area contributed by atoms with E-state index in [1.54, 1.807) is 0 Å². The molecule has 1 N–H and O–H groups in total. The van der Waals surface area contributed by atoms with Crippen LogP contribution >= 0.6 is 0 Å². The Labute approximate surface area is 81.9 Å². The number of hydrogen-bond acceptors (Lipinski definition) is 2. The Morgan fingerprint density at radius 1 is 1.31 bits per heavy atom. The van der Waals surface area contributed by atoms with Crippen molar-refractivity contribution in [3.05, 3.63) is 0 Å². The predicted molar refractivity (Wildman–Crippen MR) is 55.8 cm³/mol. The third-order valence-electron chi connectivity index (χ3n) is 2.95. The molecule has 1 fully saturated rings. The topological polar surface area (TPSA) is 23.5 Å². The van der Waals surface area contributed by atoms with Gasteiger partial charge in [0.15, 0.2) is 0 Å². The van der Waals surface area contributed by atoms with Crippen LogP contribution in [0, 0.1) is 0 Å².